The molecule has 0 radical (unpaired) electrons. The predicted molar refractivity (Wildman–Crippen MR) is 119 cm³/mol. The number of carbonyl (C=O) groups excluding carboxylic acids is 3. The van der Waals surface area contributed by atoms with Gasteiger partial charge in [-0.2, -0.15) is 0 Å². The van der Waals surface area contributed by atoms with Crippen LogP contribution in [0.2, 0.25) is 0 Å². The molecule has 2 aromatic rings. The Morgan fingerprint density at radius 1 is 1.03 bits per heavy atom. The first kappa shape index (κ1) is 23.5. The average molecular weight is 439 g/mol. The van der Waals surface area contributed by atoms with Crippen LogP contribution in [0.5, 0.6) is 0 Å². The summed E-state index contributed by atoms with van der Waals surface area (Å²) >= 11 is 0. The molecule has 0 aliphatic carbocycles. The smallest absolute Gasteiger partial charge is 0.416 e. The molecule has 0 aromatic heterocycles. The van der Waals surface area contributed by atoms with Crippen LogP contribution in [0.4, 0.5) is 4.79 Å². The molecule has 170 valence electrons. The highest BCUT2D eigenvalue weighted by atomic mass is 16.6. The Morgan fingerprint density at radius 3 is 2.09 bits per heavy atom. The molecule has 1 aliphatic rings. The van der Waals surface area contributed by atoms with Gasteiger partial charge in [-0.1, -0.05) is 67.6 Å². The second-order valence-corrected chi connectivity index (χ2v) is 7.75. The van der Waals surface area contributed by atoms with E-state index in [1.165, 1.54) is 0 Å². The number of nitrogens with zero attached hydrogens (tertiary/aromatic N) is 2. The zero-order chi connectivity index (χ0) is 22.9. The van der Waals surface area contributed by atoms with Crippen LogP contribution in [-0.2, 0) is 32.2 Å². The monoisotopic (exact) mass is 438 g/mol. The second kappa shape index (κ2) is 11.4. The van der Waals surface area contributed by atoms with Crippen molar-refractivity contribution in [1.29, 1.82) is 0 Å². The highest BCUT2D eigenvalue weighted by Gasteiger charge is 2.40. The first-order chi connectivity index (χ1) is 15.5. The minimum Gasteiger partial charge on any atom is -0.465 e. The van der Waals surface area contributed by atoms with Gasteiger partial charge in [-0.05, 0) is 24.5 Å². The van der Waals surface area contributed by atoms with Crippen molar-refractivity contribution in [3.8, 4) is 0 Å². The number of imide groups is 1. The highest BCUT2D eigenvalue weighted by Crippen LogP contribution is 2.21. The Kier molecular flexibility index (Phi) is 8.39. The fourth-order valence-corrected chi connectivity index (χ4v) is 3.84. The molecule has 1 fully saturated rings. The minimum absolute atomic E-state index is 0.163. The summed E-state index contributed by atoms with van der Waals surface area (Å²) < 4.78 is 10.4. The predicted octanol–water partition coefficient (Wildman–Crippen LogP) is 3.77. The van der Waals surface area contributed by atoms with Gasteiger partial charge in [0.1, 0.15) is 12.6 Å². The molecule has 7 nitrogen and oxygen atoms in total. The van der Waals surface area contributed by atoms with Crippen LogP contribution in [0.15, 0.2) is 60.7 Å². The summed E-state index contributed by atoms with van der Waals surface area (Å²) in [5.74, 6) is -0.906. The van der Waals surface area contributed by atoms with E-state index in [2.05, 4.69) is 0 Å². The number of benzene rings is 2. The lowest BCUT2D eigenvalue weighted by Crippen LogP contribution is -2.47. The van der Waals surface area contributed by atoms with Gasteiger partial charge in [0, 0.05) is 13.1 Å². The molecule has 1 aliphatic heterocycles. The van der Waals surface area contributed by atoms with Gasteiger partial charge in [0.2, 0.25) is 5.91 Å². The maximum Gasteiger partial charge on any atom is 0.416 e. The molecule has 3 rings (SSSR count). The summed E-state index contributed by atoms with van der Waals surface area (Å²) in [5, 5.41) is 0. The number of amides is 2. The maximum atomic E-state index is 13.1. The van der Waals surface area contributed by atoms with Crippen molar-refractivity contribution in [3.05, 3.63) is 71.8 Å². The number of ether oxygens (including phenoxy) is 2. The summed E-state index contributed by atoms with van der Waals surface area (Å²) in [5.41, 5.74) is 2.02. The fourth-order valence-electron chi connectivity index (χ4n) is 3.84. The first-order valence-corrected chi connectivity index (χ1v) is 11.0. The Hall–Kier alpha value is -3.19. The third kappa shape index (κ3) is 5.95. The van der Waals surface area contributed by atoms with Gasteiger partial charge < -0.3 is 9.47 Å². The van der Waals surface area contributed by atoms with E-state index >= 15 is 0 Å². The largest absolute Gasteiger partial charge is 0.465 e. The van der Waals surface area contributed by atoms with Crippen LogP contribution in [0, 0.1) is 0 Å². The SMILES string of the molecule is CCOC(=O)[C@H](CC(=O)N1C(=O)OC[C@H]1CC)N(Cc1ccccc1)Cc1ccccc1. The summed E-state index contributed by atoms with van der Waals surface area (Å²) in [6, 6.07) is 18.4. The Balaban J connectivity index is 1.89. The number of hydrogen-bond acceptors (Lipinski definition) is 6. The van der Waals surface area contributed by atoms with E-state index in [4.69, 9.17) is 9.47 Å². The minimum atomic E-state index is -0.839. The van der Waals surface area contributed by atoms with E-state index in [0.29, 0.717) is 19.5 Å². The molecule has 1 saturated heterocycles. The Bertz CT molecular complexity index is 862. The molecule has 2 amide bonds. The lowest BCUT2D eigenvalue weighted by Gasteiger charge is -2.31. The molecule has 7 heteroatoms. The molecule has 1 heterocycles. The molecular formula is C25H30N2O5. The van der Waals surface area contributed by atoms with Crippen molar-refractivity contribution >= 4 is 18.0 Å². The second-order valence-electron chi connectivity index (χ2n) is 7.75. The van der Waals surface area contributed by atoms with Crippen molar-refractivity contribution in [2.45, 2.75) is 51.9 Å². The molecule has 0 spiro atoms. The van der Waals surface area contributed by atoms with Crippen LogP contribution < -0.4 is 0 Å². The van der Waals surface area contributed by atoms with Gasteiger partial charge in [0.15, 0.2) is 0 Å². The van der Waals surface area contributed by atoms with Gasteiger partial charge in [-0.3, -0.25) is 14.5 Å². The topological polar surface area (TPSA) is 76.2 Å². The molecule has 0 N–H and O–H groups in total. The van der Waals surface area contributed by atoms with Crippen molar-refractivity contribution in [3.63, 3.8) is 0 Å². The van der Waals surface area contributed by atoms with Crippen LogP contribution in [-0.4, -0.2) is 53.1 Å². The summed E-state index contributed by atoms with van der Waals surface area (Å²) in [6.45, 7) is 4.93. The van der Waals surface area contributed by atoms with Gasteiger partial charge in [0.25, 0.3) is 0 Å². The highest BCUT2D eigenvalue weighted by molar-refractivity contribution is 5.95. The van der Waals surface area contributed by atoms with Gasteiger partial charge in [-0.15, -0.1) is 0 Å². The number of cyclic esters (lactones) is 1. The van der Waals surface area contributed by atoms with Crippen LogP contribution in [0.1, 0.15) is 37.8 Å². The van der Waals surface area contributed by atoms with E-state index in [-0.39, 0.29) is 25.7 Å². The molecular weight excluding hydrogens is 408 g/mol. The van der Waals surface area contributed by atoms with Crippen molar-refractivity contribution in [1.82, 2.24) is 9.80 Å². The quantitative estimate of drug-likeness (QED) is 0.526. The van der Waals surface area contributed by atoms with Gasteiger partial charge in [-0.25, -0.2) is 9.69 Å². The Morgan fingerprint density at radius 2 is 1.59 bits per heavy atom. The standard InChI is InChI=1S/C25H30N2O5/c1-3-21-18-32-25(30)27(21)23(28)15-22(24(29)31-4-2)26(16-19-11-7-5-8-12-19)17-20-13-9-6-10-14-20/h5-14,21-22H,3-4,15-18H2,1-2H3/t21-,22+/m1/s1. The number of carbonyl (C=O) groups is 3. The summed E-state index contributed by atoms with van der Waals surface area (Å²) in [7, 11) is 0. The third-order valence-electron chi connectivity index (χ3n) is 5.53. The van der Waals surface area contributed by atoms with Crippen LogP contribution >= 0.6 is 0 Å². The van der Waals surface area contributed by atoms with E-state index in [1.54, 1.807) is 6.92 Å². The van der Waals surface area contributed by atoms with E-state index < -0.39 is 24.0 Å². The van der Waals surface area contributed by atoms with Crippen molar-refractivity contribution in [2.24, 2.45) is 0 Å². The Labute approximate surface area is 188 Å². The molecule has 2 aromatic carbocycles. The van der Waals surface area contributed by atoms with Crippen LogP contribution in [0.25, 0.3) is 0 Å². The summed E-state index contributed by atoms with van der Waals surface area (Å²) in [4.78, 5) is 41.4. The van der Waals surface area contributed by atoms with E-state index in [9.17, 15) is 14.4 Å². The zero-order valence-electron chi connectivity index (χ0n) is 18.6. The number of hydrogen-bond donors (Lipinski definition) is 0. The van der Waals surface area contributed by atoms with Crippen molar-refractivity contribution < 1.29 is 23.9 Å². The fraction of sp³-hybridized carbons (Fsp3) is 0.400. The molecule has 0 saturated carbocycles. The molecule has 32 heavy (non-hydrogen) atoms. The molecule has 0 bridgehead atoms. The lowest BCUT2D eigenvalue weighted by molar-refractivity contribution is -0.153. The van der Waals surface area contributed by atoms with E-state index in [1.807, 2.05) is 72.5 Å². The summed E-state index contributed by atoms with van der Waals surface area (Å²) in [6.07, 6.45) is -0.217. The molecule has 2 atom stereocenters. The zero-order valence-corrected chi connectivity index (χ0v) is 18.6. The molecule has 0 unspecified atom stereocenters. The number of esters is 1. The lowest BCUT2D eigenvalue weighted by atomic mass is 10.1. The maximum absolute atomic E-state index is 13.1. The first-order valence-electron chi connectivity index (χ1n) is 11.0. The van der Waals surface area contributed by atoms with Gasteiger partial charge in [0.05, 0.1) is 19.1 Å². The number of rotatable bonds is 10. The van der Waals surface area contributed by atoms with Crippen molar-refractivity contribution in [2.75, 3.05) is 13.2 Å². The third-order valence-corrected chi connectivity index (χ3v) is 5.53. The van der Waals surface area contributed by atoms with Crippen LogP contribution in [0.3, 0.4) is 0 Å². The normalized spacial score (nSPS) is 16.7. The van der Waals surface area contributed by atoms with Gasteiger partial charge >= 0.3 is 12.1 Å². The van der Waals surface area contributed by atoms with E-state index in [0.717, 1.165) is 16.0 Å². The average Bonchev–Trinajstić information content (AvgIpc) is 3.19.